The summed E-state index contributed by atoms with van der Waals surface area (Å²) in [4.78, 5) is 29.6. The molecular formula is C22H20FN3O2S. The van der Waals surface area contributed by atoms with Gasteiger partial charge in [0.1, 0.15) is 5.82 Å². The molecular weight excluding hydrogens is 389 g/mol. The van der Waals surface area contributed by atoms with E-state index in [2.05, 4.69) is 15.6 Å². The lowest BCUT2D eigenvalue weighted by molar-refractivity contribution is -0.115. The molecule has 0 spiro atoms. The number of carbonyl (C=O) groups excluding carboxylic acids is 2. The fraction of sp³-hybridized carbons (Fsp3) is 0.136. The van der Waals surface area contributed by atoms with Crippen LogP contribution < -0.4 is 10.6 Å². The largest absolute Gasteiger partial charge is 0.325 e. The third kappa shape index (κ3) is 5.65. The molecule has 0 aliphatic heterocycles. The van der Waals surface area contributed by atoms with Crippen molar-refractivity contribution in [3.05, 3.63) is 84.4 Å². The molecule has 3 rings (SSSR count). The molecule has 3 aromatic rings. The van der Waals surface area contributed by atoms with E-state index < -0.39 is 11.7 Å². The number of pyridine rings is 1. The minimum atomic E-state index is -0.575. The summed E-state index contributed by atoms with van der Waals surface area (Å²) < 4.78 is 13.8. The van der Waals surface area contributed by atoms with Crippen LogP contribution in [0.1, 0.15) is 23.7 Å². The van der Waals surface area contributed by atoms with Crippen molar-refractivity contribution in [2.75, 3.05) is 10.6 Å². The van der Waals surface area contributed by atoms with Gasteiger partial charge in [-0.25, -0.2) is 4.39 Å². The Labute approximate surface area is 172 Å². The van der Waals surface area contributed by atoms with Gasteiger partial charge < -0.3 is 10.6 Å². The topological polar surface area (TPSA) is 71.1 Å². The average molecular weight is 409 g/mol. The maximum Gasteiger partial charge on any atom is 0.258 e. The first kappa shape index (κ1) is 20.5. The van der Waals surface area contributed by atoms with E-state index in [9.17, 15) is 14.0 Å². The number of aromatic nitrogens is 1. The van der Waals surface area contributed by atoms with E-state index in [0.717, 1.165) is 4.90 Å². The third-order valence-electron chi connectivity index (χ3n) is 4.10. The van der Waals surface area contributed by atoms with Crippen molar-refractivity contribution in [3.63, 3.8) is 0 Å². The van der Waals surface area contributed by atoms with Crippen LogP contribution in [0.15, 0.2) is 78.0 Å². The molecule has 29 heavy (non-hydrogen) atoms. The van der Waals surface area contributed by atoms with E-state index >= 15 is 0 Å². The SMILES string of the molecule is CCC(Sc1cccc(NC(=O)c2ccccc2F)c1)C(=O)Nc1ccncc1. The molecule has 1 aromatic heterocycles. The normalized spacial score (nSPS) is 11.5. The van der Waals surface area contributed by atoms with Crippen molar-refractivity contribution in [2.45, 2.75) is 23.5 Å². The maximum atomic E-state index is 13.8. The number of benzene rings is 2. The highest BCUT2D eigenvalue weighted by Crippen LogP contribution is 2.28. The van der Waals surface area contributed by atoms with Crippen LogP contribution in [0, 0.1) is 5.82 Å². The second-order valence-corrected chi connectivity index (χ2v) is 7.48. The van der Waals surface area contributed by atoms with Gasteiger partial charge in [0, 0.05) is 28.7 Å². The first-order chi connectivity index (χ1) is 14.1. The number of thioether (sulfide) groups is 1. The van der Waals surface area contributed by atoms with E-state index in [1.165, 1.54) is 30.0 Å². The standard InChI is InChI=1S/C22H20FN3O2S/c1-2-20(22(28)25-15-10-12-24-13-11-15)29-17-7-5-6-16(14-17)26-21(27)18-8-3-4-9-19(18)23/h3-14,20H,2H2,1H3,(H,26,27)(H,24,25,28). The molecule has 0 aliphatic rings. The number of nitrogens with one attached hydrogen (secondary N) is 2. The molecule has 148 valence electrons. The predicted octanol–water partition coefficient (Wildman–Crippen LogP) is 4.98. The van der Waals surface area contributed by atoms with Gasteiger partial charge >= 0.3 is 0 Å². The van der Waals surface area contributed by atoms with E-state index in [4.69, 9.17) is 0 Å². The van der Waals surface area contributed by atoms with Gasteiger partial charge in [-0.2, -0.15) is 0 Å². The Kier molecular flexibility index (Phi) is 6.97. The number of hydrogen-bond acceptors (Lipinski definition) is 4. The van der Waals surface area contributed by atoms with Crippen LogP contribution >= 0.6 is 11.8 Å². The van der Waals surface area contributed by atoms with Crippen LogP contribution in [0.4, 0.5) is 15.8 Å². The Balaban J connectivity index is 1.67. The van der Waals surface area contributed by atoms with Crippen molar-refractivity contribution >= 4 is 35.0 Å². The third-order valence-corrected chi connectivity index (χ3v) is 5.46. The Hall–Kier alpha value is -3.19. The van der Waals surface area contributed by atoms with E-state index in [-0.39, 0.29) is 16.7 Å². The van der Waals surface area contributed by atoms with Crippen LogP contribution in [0.2, 0.25) is 0 Å². The predicted molar refractivity (Wildman–Crippen MR) is 114 cm³/mol. The minimum Gasteiger partial charge on any atom is -0.325 e. The number of amides is 2. The molecule has 0 aliphatic carbocycles. The van der Waals surface area contributed by atoms with E-state index in [0.29, 0.717) is 17.8 Å². The first-order valence-corrected chi connectivity index (χ1v) is 9.98. The molecule has 1 unspecified atom stereocenters. The second-order valence-electron chi connectivity index (χ2n) is 6.20. The molecule has 2 N–H and O–H groups in total. The molecule has 0 fully saturated rings. The van der Waals surface area contributed by atoms with Crippen molar-refractivity contribution < 1.29 is 14.0 Å². The number of halogens is 1. The Morgan fingerprint density at radius 2 is 1.76 bits per heavy atom. The number of carbonyl (C=O) groups is 2. The molecule has 0 bridgehead atoms. The van der Waals surface area contributed by atoms with Gasteiger partial charge in [-0.15, -0.1) is 11.8 Å². The van der Waals surface area contributed by atoms with Crippen molar-refractivity contribution in [2.24, 2.45) is 0 Å². The summed E-state index contributed by atoms with van der Waals surface area (Å²) in [6.45, 7) is 1.94. The zero-order valence-corrected chi connectivity index (χ0v) is 16.6. The summed E-state index contributed by atoms with van der Waals surface area (Å²) in [5, 5.41) is 5.27. The van der Waals surface area contributed by atoms with Crippen LogP contribution in [0.25, 0.3) is 0 Å². The van der Waals surface area contributed by atoms with E-state index in [1.54, 1.807) is 48.8 Å². The van der Waals surface area contributed by atoms with Crippen LogP contribution in [-0.2, 0) is 4.79 Å². The summed E-state index contributed by atoms with van der Waals surface area (Å²) in [6, 6.07) is 16.4. The lowest BCUT2D eigenvalue weighted by Crippen LogP contribution is -2.24. The summed E-state index contributed by atoms with van der Waals surface area (Å²) in [5.74, 6) is -1.20. The molecule has 5 nitrogen and oxygen atoms in total. The van der Waals surface area contributed by atoms with Crippen molar-refractivity contribution in [3.8, 4) is 0 Å². The molecule has 0 saturated heterocycles. The highest BCUT2D eigenvalue weighted by Gasteiger charge is 2.18. The average Bonchev–Trinajstić information content (AvgIpc) is 2.73. The Bertz CT molecular complexity index is 998. The number of anilines is 2. The molecule has 2 amide bonds. The first-order valence-electron chi connectivity index (χ1n) is 9.10. The van der Waals surface area contributed by atoms with Gasteiger partial charge in [0.15, 0.2) is 0 Å². The summed E-state index contributed by atoms with van der Waals surface area (Å²) in [5.41, 5.74) is 1.20. The number of hydrogen-bond donors (Lipinski definition) is 2. The van der Waals surface area contributed by atoms with Gasteiger partial charge in [-0.3, -0.25) is 14.6 Å². The highest BCUT2D eigenvalue weighted by atomic mass is 32.2. The van der Waals surface area contributed by atoms with Crippen LogP contribution in [0.3, 0.4) is 0 Å². The minimum absolute atomic E-state index is 0.0197. The monoisotopic (exact) mass is 409 g/mol. The quantitative estimate of drug-likeness (QED) is 0.540. The second kappa shape index (κ2) is 9.84. The molecule has 2 aromatic carbocycles. The fourth-order valence-corrected chi connectivity index (χ4v) is 3.65. The van der Waals surface area contributed by atoms with Crippen LogP contribution in [-0.4, -0.2) is 22.0 Å². The van der Waals surface area contributed by atoms with Gasteiger partial charge in [0.05, 0.1) is 10.8 Å². The summed E-state index contributed by atoms with van der Waals surface area (Å²) >= 11 is 1.40. The zero-order valence-electron chi connectivity index (χ0n) is 15.8. The van der Waals surface area contributed by atoms with Gasteiger partial charge in [0.2, 0.25) is 5.91 Å². The number of nitrogens with zero attached hydrogens (tertiary/aromatic N) is 1. The molecule has 0 saturated carbocycles. The fourth-order valence-electron chi connectivity index (χ4n) is 2.64. The smallest absolute Gasteiger partial charge is 0.258 e. The van der Waals surface area contributed by atoms with Crippen molar-refractivity contribution in [1.82, 2.24) is 4.98 Å². The Morgan fingerprint density at radius 3 is 2.48 bits per heavy atom. The van der Waals surface area contributed by atoms with E-state index in [1.807, 2.05) is 13.0 Å². The molecule has 1 heterocycles. The van der Waals surface area contributed by atoms with Crippen molar-refractivity contribution in [1.29, 1.82) is 0 Å². The maximum absolute atomic E-state index is 13.8. The zero-order chi connectivity index (χ0) is 20.6. The Morgan fingerprint density at radius 1 is 1.00 bits per heavy atom. The van der Waals surface area contributed by atoms with Gasteiger partial charge in [-0.05, 0) is 48.9 Å². The van der Waals surface area contributed by atoms with Gasteiger partial charge in [-0.1, -0.05) is 25.1 Å². The summed E-state index contributed by atoms with van der Waals surface area (Å²) in [7, 11) is 0. The number of rotatable bonds is 7. The molecule has 1 atom stereocenters. The highest BCUT2D eigenvalue weighted by molar-refractivity contribution is 8.00. The van der Waals surface area contributed by atoms with Crippen LogP contribution in [0.5, 0.6) is 0 Å². The van der Waals surface area contributed by atoms with Gasteiger partial charge in [0.25, 0.3) is 5.91 Å². The summed E-state index contributed by atoms with van der Waals surface area (Å²) in [6.07, 6.45) is 3.87. The lowest BCUT2D eigenvalue weighted by Gasteiger charge is -2.15. The lowest BCUT2D eigenvalue weighted by atomic mass is 10.2. The molecule has 0 radical (unpaired) electrons. The molecule has 7 heteroatoms.